The summed E-state index contributed by atoms with van der Waals surface area (Å²) in [7, 11) is -1.70. The number of nitro groups is 1. The van der Waals surface area contributed by atoms with Crippen LogP contribution in [0.2, 0.25) is 18.1 Å². The smallest absolute Gasteiger partial charge is 0.273 e. The molecule has 5 nitrogen and oxygen atoms in total. The third-order valence-electron chi connectivity index (χ3n) is 3.85. The number of non-ortho nitro benzene ring substituents is 1. The second-order valence-corrected chi connectivity index (χ2v) is 11.4. The maximum absolute atomic E-state index is 10.7. The molecule has 1 aromatic rings. The van der Waals surface area contributed by atoms with Gasteiger partial charge in [-0.3, -0.25) is 10.1 Å². The van der Waals surface area contributed by atoms with Gasteiger partial charge in [-0.15, -0.1) is 0 Å². The van der Waals surface area contributed by atoms with Crippen LogP contribution in [-0.2, 0) is 4.43 Å². The highest BCUT2D eigenvalue weighted by molar-refractivity contribution is 6.74. The Labute approximate surface area is 127 Å². The van der Waals surface area contributed by atoms with E-state index in [0.29, 0.717) is 19.0 Å². The van der Waals surface area contributed by atoms with Crippen LogP contribution in [0.4, 0.5) is 5.69 Å². The number of rotatable bonds is 7. The van der Waals surface area contributed by atoms with Crippen LogP contribution in [0.5, 0.6) is 5.75 Å². The summed E-state index contributed by atoms with van der Waals surface area (Å²) in [5.41, 5.74) is 0.0463. The topological polar surface area (TPSA) is 61.6 Å². The number of benzene rings is 1. The van der Waals surface area contributed by atoms with Gasteiger partial charge in [-0.1, -0.05) is 26.8 Å². The Balaban J connectivity index is 2.35. The maximum Gasteiger partial charge on any atom is 0.273 e. The normalized spacial score (nSPS) is 12.2. The average Bonchev–Trinajstić information content (AvgIpc) is 2.37. The molecule has 6 heteroatoms. The molecule has 1 rings (SSSR count). The summed E-state index contributed by atoms with van der Waals surface area (Å²) in [6.45, 7) is 12.2. The molecule has 0 spiro atoms. The molecule has 0 saturated heterocycles. The minimum atomic E-state index is -1.70. The molecular formula is C15H25NO4Si. The molecule has 118 valence electrons. The van der Waals surface area contributed by atoms with Crippen molar-refractivity contribution in [2.24, 2.45) is 0 Å². The van der Waals surface area contributed by atoms with Crippen LogP contribution in [0.1, 0.15) is 27.2 Å². The molecule has 0 aliphatic rings. The van der Waals surface area contributed by atoms with E-state index in [4.69, 9.17) is 9.16 Å². The summed E-state index contributed by atoms with van der Waals surface area (Å²) in [6.07, 6.45) is 0.773. The van der Waals surface area contributed by atoms with Crippen molar-refractivity contribution in [2.45, 2.75) is 45.3 Å². The van der Waals surface area contributed by atoms with Crippen LogP contribution in [0.25, 0.3) is 0 Å². The van der Waals surface area contributed by atoms with Gasteiger partial charge in [0, 0.05) is 19.1 Å². The number of hydrogen-bond donors (Lipinski definition) is 0. The van der Waals surface area contributed by atoms with E-state index in [9.17, 15) is 10.1 Å². The zero-order chi connectivity index (χ0) is 16.1. The number of nitrogens with zero attached hydrogens (tertiary/aromatic N) is 1. The van der Waals surface area contributed by atoms with Crippen LogP contribution in [0.3, 0.4) is 0 Å². The summed E-state index contributed by atoms with van der Waals surface area (Å²) < 4.78 is 11.6. The van der Waals surface area contributed by atoms with Crippen molar-refractivity contribution in [1.82, 2.24) is 0 Å². The van der Waals surface area contributed by atoms with Gasteiger partial charge in [-0.05, 0) is 24.2 Å². The Hall–Kier alpha value is -1.40. The molecule has 0 aromatic heterocycles. The molecule has 0 aliphatic carbocycles. The van der Waals surface area contributed by atoms with Crippen LogP contribution in [0.15, 0.2) is 24.3 Å². The lowest BCUT2D eigenvalue weighted by molar-refractivity contribution is -0.384. The fourth-order valence-electron chi connectivity index (χ4n) is 1.48. The molecule has 0 aliphatic heterocycles. The monoisotopic (exact) mass is 311 g/mol. The Morgan fingerprint density at radius 1 is 1.24 bits per heavy atom. The Morgan fingerprint density at radius 2 is 1.90 bits per heavy atom. The second kappa shape index (κ2) is 7.04. The number of hydrogen-bond acceptors (Lipinski definition) is 4. The van der Waals surface area contributed by atoms with Gasteiger partial charge in [0.1, 0.15) is 5.75 Å². The van der Waals surface area contributed by atoms with E-state index >= 15 is 0 Å². The molecule has 0 fully saturated rings. The van der Waals surface area contributed by atoms with Gasteiger partial charge in [0.05, 0.1) is 17.6 Å². The first-order valence-electron chi connectivity index (χ1n) is 7.15. The molecule has 0 heterocycles. The minimum absolute atomic E-state index is 0.0463. The van der Waals surface area contributed by atoms with Crippen molar-refractivity contribution in [3.05, 3.63) is 34.4 Å². The van der Waals surface area contributed by atoms with Crippen LogP contribution in [-0.4, -0.2) is 26.5 Å². The van der Waals surface area contributed by atoms with Crippen molar-refractivity contribution in [3.63, 3.8) is 0 Å². The minimum Gasteiger partial charge on any atom is -0.493 e. The molecule has 1 aromatic carbocycles. The lowest BCUT2D eigenvalue weighted by Crippen LogP contribution is -2.41. The van der Waals surface area contributed by atoms with E-state index in [-0.39, 0.29) is 10.7 Å². The average molecular weight is 311 g/mol. The molecule has 0 bridgehead atoms. The second-order valence-electron chi connectivity index (χ2n) is 6.57. The van der Waals surface area contributed by atoms with E-state index in [1.165, 1.54) is 12.1 Å². The Bertz CT molecular complexity index is 483. The predicted molar refractivity (Wildman–Crippen MR) is 86.4 cm³/mol. The third kappa shape index (κ3) is 5.47. The Morgan fingerprint density at radius 3 is 2.48 bits per heavy atom. The van der Waals surface area contributed by atoms with E-state index in [2.05, 4.69) is 33.9 Å². The molecule has 0 unspecified atom stereocenters. The quantitative estimate of drug-likeness (QED) is 0.324. The maximum atomic E-state index is 10.7. The summed E-state index contributed by atoms with van der Waals surface area (Å²) in [4.78, 5) is 10.2. The lowest BCUT2D eigenvalue weighted by Gasteiger charge is -2.36. The molecule has 0 N–H and O–H groups in total. The highest BCUT2D eigenvalue weighted by Crippen LogP contribution is 2.36. The van der Waals surface area contributed by atoms with Gasteiger partial charge >= 0.3 is 0 Å². The van der Waals surface area contributed by atoms with Crippen molar-refractivity contribution in [1.29, 1.82) is 0 Å². The zero-order valence-corrected chi connectivity index (χ0v) is 14.5. The lowest BCUT2D eigenvalue weighted by atomic mass is 10.2. The standard InChI is InChI=1S/C15H25NO4Si/c1-15(2,3)21(4,5)20-11-7-10-19-14-9-6-8-13(12-14)16(17)18/h6,8-9,12H,7,10-11H2,1-5H3. The molecule has 0 atom stereocenters. The first-order chi connectivity index (χ1) is 9.63. The van der Waals surface area contributed by atoms with Crippen LogP contribution in [0, 0.1) is 10.1 Å². The SMILES string of the molecule is CC(C)(C)[Si](C)(C)OCCCOc1cccc([N+](=O)[O-])c1. The largest absolute Gasteiger partial charge is 0.493 e. The first kappa shape index (κ1) is 17.6. The van der Waals surface area contributed by atoms with E-state index in [1.807, 2.05) is 0 Å². The van der Waals surface area contributed by atoms with E-state index < -0.39 is 13.2 Å². The zero-order valence-electron chi connectivity index (χ0n) is 13.5. The van der Waals surface area contributed by atoms with Gasteiger partial charge in [0.2, 0.25) is 0 Å². The van der Waals surface area contributed by atoms with Crippen molar-refractivity contribution in [3.8, 4) is 5.75 Å². The van der Waals surface area contributed by atoms with Crippen molar-refractivity contribution >= 4 is 14.0 Å². The fourth-order valence-corrected chi connectivity index (χ4v) is 2.57. The molecule has 21 heavy (non-hydrogen) atoms. The summed E-state index contributed by atoms with van der Waals surface area (Å²) in [5, 5.41) is 10.9. The van der Waals surface area contributed by atoms with Crippen molar-refractivity contribution < 1.29 is 14.1 Å². The van der Waals surface area contributed by atoms with Gasteiger partial charge in [0.15, 0.2) is 8.32 Å². The Kier molecular flexibility index (Phi) is 5.92. The highest BCUT2D eigenvalue weighted by atomic mass is 28.4. The summed E-state index contributed by atoms with van der Waals surface area (Å²) in [5.74, 6) is 0.525. The summed E-state index contributed by atoms with van der Waals surface area (Å²) >= 11 is 0. The number of nitro benzene ring substituents is 1. The van der Waals surface area contributed by atoms with Gasteiger partial charge in [-0.25, -0.2) is 0 Å². The number of ether oxygens (including phenoxy) is 1. The molecule has 0 radical (unpaired) electrons. The van der Waals surface area contributed by atoms with Gasteiger partial charge in [-0.2, -0.15) is 0 Å². The first-order valence-corrected chi connectivity index (χ1v) is 10.1. The summed E-state index contributed by atoms with van der Waals surface area (Å²) in [6, 6.07) is 6.24. The predicted octanol–water partition coefficient (Wildman–Crippen LogP) is 4.39. The highest BCUT2D eigenvalue weighted by Gasteiger charge is 2.36. The molecular weight excluding hydrogens is 286 g/mol. The van der Waals surface area contributed by atoms with Crippen LogP contribution >= 0.6 is 0 Å². The van der Waals surface area contributed by atoms with Crippen molar-refractivity contribution in [2.75, 3.05) is 13.2 Å². The van der Waals surface area contributed by atoms with E-state index in [1.54, 1.807) is 12.1 Å². The molecule has 0 amide bonds. The van der Waals surface area contributed by atoms with Gasteiger partial charge in [0.25, 0.3) is 5.69 Å². The third-order valence-corrected chi connectivity index (χ3v) is 8.39. The van der Waals surface area contributed by atoms with E-state index in [0.717, 1.165) is 6.42 Å². The molecule has 0 saturated carbocycles. The van der Waals surface area contributed by atoms with Crippen LogP contribution < -0.4 is 4.74 Å². The fraction of sp³-hybridized carbons (Fsp3) is 0.600. The van der Waals surface area contributed by atoms with Gasteiger partial charge < -0.3 is 9.16 Å².